The molecule has 1 amide bonds. The van der Waals surface area contributed by atoms with Crippen LogP contribution in [0.15, 0.2) is 28.8 Å². The Morgan fingerprint density at radius 3 is 2.54 bits per heavy atom. The number of anilines is 2. The fourth-order valence-corrected chi connectivity index (χ4v) is 3.11. The topological polar surface area (TPSA) is 122 Å². The zero-order chi connectivity index (χ0) is 20.3. The summed E-state index contributed by atoms with van der Waals surface area (Å²) >= 11 is 0. The van der Waals surface area contributed by atoms with E-state index >= 15 is 0 Å². The van der Waals surface area contributed by atoms with Gasteiger partial charge in [0.1, 0.15) is 11.4 Å². The summed E-state index contributed by atoms with van der Waals surface area (Å²) in [5, 5.41) is 17.8. The number of nitrogens with one attached hydrogen (secondary N) is 1. The van der Waals surface area contributed by atoms with Crippen molar-refractivity contribution in [2.45, 2.75) is 13.8 Å². The normalized spacial score (nSPS) is 14.7. The molecule has 148 valence electrons. The van der Waals surface area contributed by atoms with Crippen molar-refractivity contribution < 1.29 is 19.0 Å². The van der Waals surface area contributed by atoms with Crippen LogP contribution < -0.4 is 10.2 Å². The lowest BCUT2D eigenvalue weighted by Gasteiger charge is -2.35. The van der Waals surface area contributed by atoms with Gasteiger partial charge in [-0.15, -0.1) is 0 Å². The van der Waals surface area contributed by atoms with Crippen LogP contribution in [0.4, 0.5) is 17.2 Å². The number of Topliss-reactive ketones (excluding diaryl/α,β-unsaturated/α-hetero) is 1. The third-order valence-electron chi connectivity index (χ3n) is 4.55. The Hall–Kier alpha value is -3.27. The molecular formula is C18H21N5O5. The van der Waals surface area contributed by atoms with Gasteiger partial charge in [-0.2, -0.15) is 0 Å². The van der Waals surface area contributed by atoms with Gasteiger partial charge in [-0.05, 0) is 26.0 Å². The van der Waals surface area contributed by atoms with Gasteiger partial charge in [0.05, 0.1) is 11.5 Å². The van der Waals surface area contributed by atoms with Crippen molar-refractivity contribution in [3.63, 3.8) is 0 Å². The molecular weight excluding hydrogens is 366 g/mol. The summed E-state index contributed by atoms with van der Waals surface area (Å²) in [4.78, 5) is 38.4. The van der Waals surface area contributed by atoms with Crippen molar-refractivity contribution in [3.8, 4) is 0 Å². The molecule has 0 spiro atoms. The molecule has 0 bridgehead atoms. The maximum atomic E-state index is 12.1. The van der Waals surface area contributed by atoms with Gasteiger partial charge in [0, 0.05) is 43.9 Å². The molecule has 10 heteroatoms. The van der Waals surface area contributed by atoms with Gasteiger partial charge < -0.3 is 14.7 Å². The smallest absolute Gasteiger partial charge is 0.293 e. The molecule has 1 aromatic carbocycles. The fourth-order valence-electron chi connectivity index (χ4n) is 3.11. The number of benzene rings is 1. The minimum Gasteiger partial charge on any atom is -0.363 e. The highest BCUT2D eigenvalue weighted by molar-refractivity contribution is 5.95. The molecule has 0 atom stereocenters. The van der Waals surface area contributed by atoms with Crippen LogP contribution in [0.3, 0.4) is 0 Å². The standard InChI is InChI=1S/C18H21N5O5/c1-12-9-17(20-28-12)19-18(25)11-21-5-7-22(8-6-21)15-4-3-14(13(2)24)10-16(15)23(26)27/h3-4,9-10H,5-8,11H2,1-2H3,(H,19,20,25). The molecule has 0 unspecified atom stereocenters. The number of aryl methyl sites for hydroxylation is 1. The first kappa shape index (κ1) is 19.5. The van der Waals surface area contributed by atoms with Crippen LogP contribution >= 0.6 is 0 Å². The van der Waals surface area contributed by atoms with Gasteiger partial charge >= 0.3 is 0 Å². The largest absolute Gasteiger partial charge is 0.363 e. The number of nitrogens with zero attached hydrogens (tertiary/aromatic N) is 4. The van der Waals surface area contributed by atoms with Crippen LogP contribution in [0.5, 0.6) is 0 Å². The van der Waals surface area contributed by atoms with E-state index < -0.39 is 4.92 Å². The van der Waals surface area contributed by atoms with Gasteiger partial charge in [-0.25, -0.2) is 0 Å². The van der Waals surface area contributed by atoms with E-state index in [-0.39, 0.29) is 23.9 Å². The van der Waals surface area contributed by atoms with Crippen LogP contribution in [-0.4, -0.2) is 59.4 Å². The Balaban J connectivity index is 1.60. The second-order valence-electron chi connectivity index (χ2n) is 6.65. The first-order valence-corrected chi connectivity index (χ1v) is 8.83. The second-order valence-corrected chi connectivity index (χ2v) is 6.65. The zero-order valence-corrected chi connectivity index (χ0v) is 15.7. The Kier molecular flexibility index (Phi) is 5.69. The lowest BCUT2D eigenvalue weighted by Crippen LogP contribution is -2.48. The highest BCUT2D eigenvalue weighted by atomic mass is 16.6. The summed E-state index contributed by atoms with van der Waals surface area (Å²) in [6.45, 7) is 5.55. The molecule has 2 heterocycles. The van der Waals surface area contributed by atoms with Crippen LogP contribution in [0.1, 0.15) is 23.0 Å². The van der Waals surface area contributed by atoms with E-state index in [2.05, 4.69) is 10.5 Å². The molecule has 3 rings (SSSR count). The monoisotopic (exact) mass is 387 g/mol. The summed E-state index contributed by atoms with van der Waals surface area (Å²) in [7, 11) is 0. The van der Waals surface area contributed by atoms with Crippen molar-refractivity contribution in [2.24, 2.45) is 0 Å². The second kappa shape index (κ2) is 8.17. The van der Waals surface area contributed by atoms with Gasteiger partial charge in [0.2, 0.25) is 5.91 Å². The summed E-state index contributed by atoms with van der Waals surface area (Å²) < 4.78 is 4.91. The zero-order valence-electron chi connectivity index (χ0n) is 15.7. The third kappa shape index (κ3) is 4.52. The van der Waals surface area contributed by atoms with E-state index in [4.69, 9.17) is 4.52 Å². The molecule has 2 aromatic rings. The number of hydrogen-bond acceptors (Lipinski definition) is 8. The Morgan fingerprint density at radius 1 is 1.25 bits per heavy atom. The molecule has 28 heavy (non-hydrogen) atoms. The molecule has 1 saturated heterocycles. The SMILES string of the molecule is CC(=O)c1ccc(N2CCN(CC(=O)Nc3cc(C)on3)CC2)c([N+](=O)[O-])c1. The van der Waals surface area contributed by atoms with E-state index in [1.807, 2.05) is 9.80 Å². The molecule has 0 saturated carbocycles. The summed E-state index contributed by atoms with van der Waals surface area (Å²) in [5.41, 5.74) is 0.714. The third-order valence-corrected chi connectivity index (χ3v) is 4.55. The number of amides is 1. The first-order chi connectivity index (χ1) is 13.3. The van der Waals surface area contributed by atoms with E-state index in [0.29, 0.717) is 49.0 Å². The Morgan fingerprint density at radius 2 is 1.96 bits per heavy atom. The number of piperazine rings is 1. The quantitative estimate of drug-likeness (QED) is 0.453. The number of nitro benzene ring substituents is 1. The maximum Gasteiger partial charge on any atom is 0.293 e. The average molecular weight is 387 g/mol. The van der Waals surface area contributed by atoms with Crippen molar-refractivity contribution >= 4 is 28.9 Å². The van der Waals surface area contributed by atoms with Crippen LogP contribution in [0.25, 0.3) is 0 Å². The molecule has 1 N–H and O–H groups in total. The lowest BCUT2D eigenvalue weighted by molar-refractivity contribution is -0.384. The van der Waals surface area contributed by atoms with Gasteiger partial charge in [-0.3, -0.25) is 24.6 Å². The predicted molar refractivity (Wildman–Crippen MR) is 102 cm³/mol. The van der Waals surface area contributed by atoms with Crippen molar-refractivity contribution in [1.29, 1.82) is 0 Å². The molecule has 1 aliphatic heterocycles. The van der Waals surface area contributed by atoms with E-state index in [9.17, 15) is 19.7 Å². The fraction of sp³-hybridized carbons (Fsp3) is 0.389. The predicted octanol–water partition coefficient (Wildman–Crippen LogP) is 1.85. The number of rotatable bonds is 6. The van der Waals surface area contributed by atoms with Crippen molar-refractivity contribution in [1.82, 2.24) is 10.1 Å². The van der Waals surface area contributed by atoms with Crippen LogP contribution in [-0.2, 0) is 4.79 Å². The summed E-state index contributed by atoms with van der Waals surface area (Å²) in [5.74, 6) is 0.579. The molecule has 1 aliphatic rings. The van der Waals surface area contributed by atoms with Crippen molar-refractivity contribution in [3.05, 3.63) is 45.7 Å². The molecule has 10 nitrogen and oxygen atoms in total. The average Bonchev–Trinajstić information content (AvgIpc) is 3.06. The minimum absolute atomic E-state index is 0.0831. The Bertz CT molecular complexity index is 902. The lowest BCUT2D eigenvalue weighted by atomic mass is 10.1. The molecule has 1 aromatic heterocycles. The number of ketones is 1. The van der Waals surface area contributed by atoms with Gasteiger partial charge in [-0.1, -0.05) is 5.16 Å². The minimum atomic E-state index is -0.471. The highest BCUT2D eigenvalue weighted by Crippen LogP contribution is 2.30. The Labute approximate surface area is 161 Å². The molecule has 1 fully saturated rings. The number of hydrogen-bond donors (Lipinski definition) is 1. The van der Waals surface area contributed by atoms with Crippen LogP contribution in [0, 0.1) is 17.0 Å². The number of carbonyl (C=O) groups excluding carboxylic acids is 2. The van der Waals surface area contributed by atoms with E-state index in [1.165, 1.54) is 13.0 Å². The number of aromatic nitrogens is 1. The number of carbonyl (C=O) groups is 2. The van der Waals surface area contributed by atoms with E-state index in [0.717, 1.165) is 0 Å². The first-order valence-electron chi connectivity index (χ1n) is 8.83. The molecule has 0 radical (unpaired) electrons. The molecule has 0 aliphatic carbocycles. The number of nitro groups is 1. The van der Waals surface area contributed by atoms with Gasteiger partial charge in [0.25, 0.3) is 5.69 Å². The van der Waals surface area contributed by atoms with Crippen molar-refractivity contribution in [2.75, 3.05) is 42.9 Å². The summed E-state index contributed by atoms with van der Waals surface area (Å²) in [6.07, 6.45) is 0. The van der Waals surface area contributed by atoms with Crippen LogP contribution in [0.2, 0.25) is 0 Å². The maximum absolute atomic E-state index is 12.1. The van der Waals surface area contributed by atoms with E-state index in [1.54, 1.807) is 25.1 Å². The summed E-state index contributed by atoms with van der Waals surface area (Å²) in [6, 6.07) is 6.17. The highest BCUT2D eigenvalue weighted by Gasteiger charge is 2.25. The van der Waals surface area contributed by atoms with Gasteiger partial charge in [0.15, 0.2) is 11.6 Å².